The second kappa shape index (κ2) is 6.06. The Morgan fingerprint density at radius 2 is 1.00 bits per heavy atom. The van der Waals surface area contributed by atoms with Crippen molar-refractivity contribution in [2.45, 2.75) is 13.1 Å². The van der Waals surface area contributed by atoms with Crippen LogP contribution in [0.2, 0.25) is 10.0 Å². The van der Waals surface area contributed by atoms with Gasteiger partial charge in [0.25, 0.3) is 0 Å². The van der Waals surface area contributed by atoms with Crippen molar-refractivity contribution in [2.24, 2.45) is 0 Å². The molecule has 0 bridgehead atoms. The number of nitrogens with two attached hydrogens (primary N) is 1. The number of hydrogen-bond donors (Lipinski definition) is 1. The maximum Gasteiger partial charge on any atom is 0.101 e. The van der Waals surface area contributed by atoms with Crippen molar-refractivity contribution < 1.29 is 5.32 Å². The van der Waals surface area contributed by atoms with Crippen LogP contribution in [0.1, 0.15) is 11.1 Å². The average Bonchev–Trinajstić information content (AvgIpc) is 2.34. The van der Waals surface area contributed by atoms with E-state index in [4.69, 9.17) is 23.2 Å². The van der Waals surface area contributed by atoms with Gasteiger partial charge < -0.3 is 5.32 Å². The van der Waals surface area contributed by atoms with Crippen LogP contribution < -0.4 is 5.32 Å². The van der Waals surface area contributed by atoms with Crippen LogP contribution in [0.15, 0.2) is 48.5 Å². The maximum atomic E-state index is 5.83. The highest BCUT2D eigenvalue weighted by molar-refractivity contribution is 6.30. The van der Waals surface area contributed by atoms with Gasteiger partial charge in [-0.25, -0.2) is 0 Å². The maximum absolute atomic E-state index is 5.83. The SMILES string of the molecule is Clc1ccc(C[NH2+]Cc2ccc(Cl)cc2)cc1. The highest BCUT2D eigenvalue weighted by Crippen LogP contribution is 2.09. The van der Waals surface area contributed by atoms with E-state index >= 15 is 0 Å². The molecule has 0 atom stereocenters. The number of halogens is 2. The van der Waals surface area contributed by atoms with Crippen molar-refractivity contribution in [3.63, 3.8) is 0 Å². The summed E-state index contributed by atoms with van der Waals surface area (Å²) in [6, 6.07) is 15.9. The molecule has 0 unspecified atom stereocenters. The lowest BCUT2D eigenvalue weighted by Crippen LogP contribution is -2.80. The highest BCUT2D eigenvalue weighted by Gasteiger charge is 1.98. The first kappa shape index (κ1) is 12.4. The van der Waals surface area contributed by atoms with Crippen molar-refractivity contribution in [1.29, 1.82) is 0 Å². The minimum atomic E-state index is 0.784. The van der Waals surface area contributed by atoms with Crippen molar-refractivity contribution in [3.8, 4) is 0 Å². The molecule has 3 heteroatoms. The number of benzene rings is 2. The Hall–Kier alpha value is -1.02. The van der Waals surface area contributed by atoms with Gasteiger partial charge in [0.1, 0.15) is 13.1 Å². The molecule has 0 aliphatic carbocycles. The normalized spacial score (nSPS) is 10.5. The third-order valence-electron chi connectivity index (χ3n) is 2.59. The lowest BCUT2D eigenvalue weighted by Gasteiger charge is -2.02. The van der Waals surface area contributed by atoms with Gasteiger partial charge in [0.15, 0.2) is 0 Å². The summed E-state index contributed by atoms with van der Waals surface area (Å²) >= 11 is 11.7. The summed E-state index contributed by atoms with van der Waals surface area (Å²) in [5, 5.41) is 3.82. The predicted molar refractivity (Wildman–Crippen MR) is 72.2 cm³/mol. The van der Waals surface area contributed by atoms with E-state index in [1.54, 1.807) is 0 Å². The minimum absolute atomic E-state index is 0.784. The first-order chi connectivity index (χ1) is 8.24. The van der Waals surface area contributed by atoms with Crippen LogP contribution in [0.25, 0.3) is 0 Å². The molecule has 0 heterocycles. The Labute approximate surface area is 111 Å². The minimum Gasteiger partial charge on any atom is -0.339 e. The lowest BCUT2D eigenvalue weighted by molar-refractivity contribution is -0.686. The molecule has 17 heavy (non-hydrogen) atoms. The van der Waals surface area contributed by atoms with Crippen LogP contribution in [0.4, 0.5) is 0 Å². The predicted octanol–water partition coefficient (Wildman–Crippen LogP) is 3.26. The fraction of sp³-hybridized carbons (Fsp3) is 0.143. The molecule has 0 saturated heterocycles. The van der Waals surface area contributed by atoms with Crippen molar-refractivity contribution in [1.82, 2.24) is 0 Å². The van der Waals surface area contributed by atoms with Crippen LogP contribution in [-0.2, 0) is 13.1 Å². The Morgan fingerprint density at radius 1 is 0.647 bits per heavy atom. The second-order valence-electron chi connectivity index (χ2n) is 3.95. The first-order valence-corrected chi connectivity index (χ1v) is 6.30. The highest BCUT2D eigenvalue weighted by atomic mass is 35.5. The Kier molecular flexibility index (Phi) is 4.43. The van der Waals surface area contributed by atoms with E-state index in [0.717, 1.165) is 23.1 Å². The summed E-state index contributed by atoms with van der Waals surface area (Å²) in [5.74, 6) is 0. The Bertz CT molecular complexity index is 417. The first-order valence-electron chi connectivity index (χ1n) is 5.54. The standard InChI is InChI=1S/C14H13Cl2N/c15-13-5-1-11(2-6-13)9-17-10-12-3-7-14(16)8-4-12/h1-8,17H,9-10H2/p+1. The van der Waals surface area contributed by atoms with Crippen LogP contribution in [0.3, 0.4) is 0 Å². The van der Waals surface area contributed by atoms with Gasteiger partial charge in [-0.2, -0.15) is 0 Å². The van der Waals surface area contributed by atoms with E-state index in [1.807, 2.05) is 24.3 Å². The fourth-order valence-electron chi connectivity index (χ4n) is 1.65. The van der Waals surface area contributed by atoms with E-state index in [-0.39, 0.29) is 0 Å². The number of rotatable bonds is 4. The quantitative estimate of drug-likeness (QED) is 0.875. The van der Waals surface area contributed by atoms with Gasteiger partial charge >= 0.3 is 0 Å². The van der Waals surface area contributed by atoms with E-state index in [1.165, 1.54) is 11.1 Å². The smallest absolute Gasteiger partial charge is 0.101 e. The van der Waals surface area contributed by atoms with Gasteiger partial charge in [0.2, 0.25) is 0 Å². The van der Waals surface area contributed by atoms with Gasteiger partial charge in [-0.3, -0.25) is 0 Å². The molecule has 0 amide bonds. The third kappa shape index (κ3) is 4.04. The monoisotopic (exact) mass is 266 g/mol. The van der Waals surface area contributed by atoms with E-state index in [2.05, 4.69) is 29.6 Å². The summed E-state index contributed by atoms with van der Waals surface area (Å²) in [7, 11) is 0. The van der Waals surface area contributed by atoms with Crippen LogP contribution >= 0.6 is 23.2 Å². The van der Waals surface area contributed by atoms with Crippen molar-refractivity contribution in [3.05, 3.63) is 69.7 Å². The molecule has 0 aliphatic heterocycles. The summed E-state index contributed by atoms with van der Waals surface area (Å²) in [5.41, 5.74) is 2.56. The molecule has 0 aliphatic rings. The topological polar surface area (TPSA) is 16.6 Å². The zero-order chi connectivity index (χ0) is 12.1. The molecule has 0 spiro atoms. The molecular formula is C14H14Cl2N+. The van der Waals surface area contributed by atoms with Gasteiger partial charge in [0, 0.05) is 21.2 Å². The number of hydrogen-bond acceptors (Lipinski definition) is 0. The molecule has 0 fully saturated rings. The van der Waals surface area contributed by atoms with Gasteiger partial charge in [-0.05, 0) is 24.3 Å². The molecule has 0 saturated carbocycles. The Balaban J connectivity index is 1.83. The summed E-state index contributed by atoms with van der Waals surface area (Å²) in [6.07, 6.45) is 0. The number of quaternary nitrogens is 1. The van der Waals surface area contributed by atoms with Gasteiger partial charge in [0.05, 0.1) is 0 Å². The summed E-state index contributed by atoms with van der Waals surface area (Å²) in [6.45, 7) is 1.92. The van der Waals surface area contributed by atoms with Gasteiger partial charge in [-0.1, -0.05) is 47.5 Å². The molecule has 2 N–H and O–H groups in total. The molecule has 0 radical (unpaired) electrons. The summed E-state index contributed by atoms with van der Waals surface area (Å²) in [4.78, 5) is 0. The largest absolute Gasteiger partial charge is 0.339 e. The lowest BCUT2D eigenvalue weighted by atomic mass is 10.2. The molecule has 2 aromatic carbocycles. The zero-order valence-electron chi connectivity index (χ0n) is 9.37. The van der Waals surface area contributed by atoms with E-state index in [0.29, 0.717) is 0 Å². The Morgan fingerprint density at radius 3 is 1.35 bits per heavy atom. The second-order valence-corrected chi connectivity index (χ2v) is 4.82. The molecule has 1 nitrogen and oxygen atoms in total. The molecule has 0 aromatic heterocycles. The molecule has 2 aromatic rings. The molecular weight excluding hydrogens is 253 g/mol. The van der Waals surface area contributed by atoms with Crippen molar-refractivity contribution >= 4 is 23.2 Å². The van der Waals surface area contributed by atoms with Crippen molar-refractivity contribution in [2.75, 3.05) is 0 Å². The molecule has 2 rings (SSSR count). The third-order valence-corrected chi connectivity index (χ3v) is 3.09. The summed E-state index contributed by atoms with van der Waals surface area (Å²) < 4.78 is 0. The van der Waals surface area contributed by atoms with Gasteiger partial charge in [-0.15, -0.1) is 0 Å². The van der Waals surface area contributed by atoms with Crippen LogP contribution in [-0.4, -0.2) is 0 Å². The van der Waals surface area contributed by atoms with E-state index in [9.17, 15) is 0 Å². The van der Waals surface area contributed by atoms with E-state index < -0.39 is 0 Å². The molecule has 88 valence electrons. The van der Waals surface area contributed by atoms with Crippen LogP contribution in [0.5, 0.6) is 0 Å². The average molecular weight is 267 g/mol. The van der Waals surface area contributed by atoms with Crippen LogP contribution in [0, 0.1) is 0 Å². The zero-order valence-corrected chi connectivity index (χ0v) is 10.9. The fourth-order valence-corrected chi connectivity index (χ4v) is 1.90.